The molecule has 1 aromatic carbocycles. The van der Waals surface area contributed by atoms with Crippen molar-refractivity contribution in [2.45, 2.75) is 38.5 Å². The Hall–Kier alpha value is -2.69. The number of allylic oxidation sites excluding steroid dienone is 1. The number of rotatable bonds is 6. The smallest absolute Gasteiger partial charge is 0.228 e. The Morgan fingerprint density at radius 1 is 1.07 bits per heavy atom. The first-order valence-electron chi connectivity index (χ1n) is 9.82. The van der Waals surface area contributed by atoms with Crippen LogP contribution in [0.4, 0.5) is 5.69 Å². The highest BCUT2D eigenvalue weighted by Gasteiger charge is 2.47. The van der Waals surface area contributed by atoms with Crippen LogP contribution in [0.1, 0.15) is 38.5 Å². The number of benzene rings is 1. The Labute approximate surface area is 159 Å². The summed E-state index contributed by atoms with van der Waals surface area (Å²) in [6.07, 6.45) is 10.4. The fraction of sp³-hybridized carbons (Fsp3) is 0.409. The number of hydrogen-bond acceptors (Lipinski definition) is 3. The molecule has 2 atom stereocenters. The van der Waals surface area contributed by atoms with Gasteiger partial charge in [-0.1, -0.05) is 29.8 Å². The normalized spacial score (nSPS) is 21.4. The van der Waals surface area contributed by atoms with Gasteiger partial charge in [-0.15, -0.1) is 0 Å². The monoisotopic (exact) mass is 363 g/mol. The van der Waals surface area contributed by atoms with Crippen molar-refractivity contribution in [3.8, 4) is 0 Å². The number of carbonyl (C=O) groups is 2. The van der Waals surface area contributed by atoms with Crippen molar-refractivity contribution >= 4 is 28.4 Å². The number of nitrogens with zero attached hydrogens (tertiary/aromatic N) is 1. The molecule has 1 heterocycles. The molecule has 2 amide bonds. The van der Waals surface area contributed by atoms with Crippen molar-refractivity contribution < 1.29 is 9.59 Å². The maximum absolute atomic E-state index is 12.5. The number of amides is 2. The van der Waals surface area contributed by atoms with E-state index < -0.39 is 0 Å². The van der Waals surface area contributed by atoms with Gasteiger partial charge in [-0.25, -0.2) is 0 Å². The van der Waals surface area contributed by atoms with Crippen LogP contribution in [0.5, 0.6) is 0 Å². The summed E-state index contributed by atoms with van der Waals surface area (Å²) in [6, 6.07) is 9.55. The van der Waals surface area contributed by atoms with E-state index in [1.807, 2.05) is 30.3 Å². The van der Waals surface area contributed by atoms with Gasteiger partial charge in [-0.3, -0.25) is 14.6 Å². The van der Waals surface area contributed by atoms with Gasteiger partial charge in [0.2, 0.25) is 11.8 Å². The third kappa shape index (κ3) is 4.18. The van der Waals surface area contributed by atoms with Gasteiger partial charge in [0, 0.05) is 18.1 Å². The van der Waals surface area contributed by atoms with Crippen molar-refractivity contribution in [3.63, 3.8) is 0 Å². The second-order valence-electron chi connectivity index (χ2n) is 7.47. The third-order valence-electron chi connectivity index (χ3n) is 5.48. The lowest BCUT2D eigenvalue weighted by Gasteiger charge is -2.13. The highest BCUT2D eigenvalue weighted by Crippen LogP contribution is 2.40. The first-order valence-corrected chi connectivity index (χ1v) is 9.82. The predicted molar refractivity (Wildman–Crippen MR) is 106 cm³/mol. The molecule has 2 N–H and O–H groups in total. The zero-order chi connectivity index (χ0) is 18.6. The lowest BCUT2D eigenvalue weighted by Crippen LogP contribution is -2.28. The second kappa shape index (κ2) is 7.91. The Balaban J connectivity index is 1.28. The Morgan fingerprint density at radius 3 is 2.78 bits per heavy atom. The molecule has 2 aliphatic carbocycles. The van der Waals surface area contributed by atoms with E-state index in [-0.39, 0.29) is 23.7 Å². The van der Waals surface area contributed by atoms with E-state index in [1.165, 1.54) is 18.4 Å². The maximum Gasteiger partial charge on any atom is 0.228 e. The number of para-hydroxylation sites is 1. The number of nitrogens with one attached hydrogen (secondary N) is 2. The molecule has 1 aromatic heterocycles. The van der Waals surface area contributed by atoms with Gasteiger partial charge in [0.25, 0.3) is 0 Å². The van der Waals surface area contributed by atoms with Crippen LogP contribution in [-0.2, 0) is 9.59 Å². The summed E-state index contributed by atoms with van der Waals surface area (Å²) in [5.41, 5.74) is 2.93. The summed E-state index contributed by atoms with van der Waals surface area (Å²) in [5, 5.41) is 6.93. The molecule has 0 bridgehead atoms. The molecule has 2 aliphatic rings. The zero-order valence-electron chi connectivity index (χ0n) is 15.4. The van der Waals surface area contributed by atoms with Gasteiger partial charge < -0.3 is 10.6 Å². The summed E-state index contributed by atoms with van der Waals surface area (Å²) in [6.45, 7) is 0.669. The Morgan fingerprint density at radius 2 is 1.93 bits per heavy atom. The predicted octanol–water partition coefficient (Wildman–Crippen LogP) is 3.82. The zero-order valence-corrected chi connectivity index (χ0v) is 15.4. The van der Waals surface area contributed by atoms with E-state index in [0.717, 1.165) is 30.2 Å². The van der Waals surface area contributed by atoms with Crippen LogP contribution in [0, 0.1) is 11.8 Å². The van der Waals surface area contributed by atoms with E-state index >= 15 is 0 Å². The van der Waals surface area contributed by atoms with Crippen LogP contribution in [0.15, 0.2) is 48.2 Å². The van der Waals surface area contributed by atoms with E-state index in [9.17, 15) is 9.59 Å². The number of hydrogen-bond donors (Lipinski definition) is 2. The molecular formula is C22H25N3O2. The quantitative estimate of drug-likeness (QED) is 0.767. The first kappa shape index (κ1) is 17.7. The fourth-order valence-corrected chi connectivity index (χ4v) is 3.81. The molecule has 2 aromatic rings. The average molecular weight is 363 g/mol. The minimum absolute atomic E-state index is 0.00241. The molecule has 27 heavy (non-hydrogen) atoms. The van der Waals surface area contributed by atoms with E-state index in [1.54, 1.807) is 6.20 Å². The number of pyridine rings is 1. The molecule has 0 saturated heterocycles. The number of anilines is 1. The number of fused-ring (bicyclic) bond motifs is 1. The van der Waals surface area contributed by atoms with Gasteiger partial charge in [-0.05, 0) is 50.7 Å². The molecule has 140 valence electrons. The van der Waals surface area contributed by atoms with Crippen LogP contribution in [0.2, 0.25) is 0 Å². The van der Waals surface area contributed by atoms with E-state index in [4.69, 9.17) is 0 Å². The van der Waals surface area contributed by atoms with Crippen LogP contribution in [0.3, 0.4) is 0 Å². The van der Waals surface area contributed by atoms with Crippen LogP contribution in [0.25, 0.3) is 10.9 Å². The van der Waals surface area contributed by atoms with Gasteiger partial charge in [-0.2, -0.15) is 0 Å². The minimum Gasteiger partial charge on any atom is -0.356 e. The minimum atomic E-state index is -0.238. The van der Waals surface area contributed by atoms with Crippen molar-refractivity contribution in [1.82, 2.24) is 10.3 Å². The van der Waals surface area contributed by atoms with Gasteiger partial charge in [0.05, 0.1) is 23.0 Å². The second-order valence-corrected chi connectivity index (χ2v) is 7.47. The standard InChI is InChI=1S/C22H25N3O2/c26-21(24-13-11-15-6-2-1-3-7-15)17-14-18(17)22(27)25-19-10-4-8-16-9-5-12-23-20(16)19/h4-6,8-10,12,17-18H,1-3,7,11,13-14H2,(H,24,26)(H,25,27). The Kier molecular flexibility index (Phi) is 5.19. The van der Waals surface area contributed by atoms with Crippen molar-refractivity contribution in [2.75, 3.05) is 11.9 Å². The van der Waals surface area contributed by atoms with Crippen LogP contribution >= 0.6 is 0 Å². The average Bonchev–Trinajstić information content (AvgIpc) is 3.50. The summed E-state index contributed by atoms with van der Waals surface area (Å²) in [5.74, 6) is -0.531. The van der Waals surface area contributed by atoms with Gasteiger partial charge in [0.15, 0.2) is 0 Å². The molecule has 1 saturated carbocycles. The molecule has 0 aliphatic heterocycles. The third-order valence-corrected chi connectivity index (χ3v) is 5.48. The number of aromatic nitrogens is 1. The number of carbonyl (C=O) groups excluding carboxylic acids is 2. The maximum atomic E-state index is 12.5. The van der Waals surface area contributed by atoms with E-state index in [2.05, 4.69) is 21.7 Å². The SMILES string of the molecule is O=C(NCCC1=CCCCC1)C1CC1C(=O)Nc1cccc2cccnc12. The van der Waals surface area contributed by atoms with Crippen molar-refractivity contribution in [2.24, 2.45) is 11.8 Å². The van der Waals surface area contributed by atoms with Crippen molar-refractivity contribution in [1.29, 1.82) is 0 Å². The largest absolute Gasteiger partial charge is 0.356 e. The lowest BCUT2D eigenvalue weighted by atomic mass is 9.97. The highest BCUT2D eigenvalue weighted by atomic mass is 16.2. The molecule has 0 spiro atoms. The summed E-state index contributed by atoms with van der Waals surface area (Å²) < 4.78 is 0. The summed E-state index contributed by atoms with van der Waals surface area (Å²) >= 11 is 0. The van der Waals surface area contributed by atoms with Gasteiger partial charge >= 0.3 is 0 Å². The van der Waals surface area contributed by atoms with Crippen LogP contribution < -0.4 is 10.6 Å². The lowest BCUT2D eigenvalue weighted by molar-refractivity contribution is -0.125. The molecule has 2 unspecified atom stereocenters. The van der Waals surface area contributed by atoms with Crippen LogP contribution in [-0.4, -0.2) is 23.3 Å². The summed E-state index contributed by atoms with van der Waals surface area (Å²) in [4.78, 5) is 29.2. The molecule has 1 fully saturated rings. The highest BCUT2D eigenvalue weighted by molar-refractivity contribution is 6.04. The van der Waals surface area contributed by atoms with Gasteiger partial charge in [0.1, 0.15) is 0 Å². The molecule has 5 nitrogen and oxygen atoms in total. The summed E-state index contributed by atoms with van der Waals surface area (Å²) in [7, 11) is 0. The molecular weight excluding hydrogens is 338 g/mol. The first-order chi connectivity index (χ1) is 13.2. The van der Waals surface area contributed by atoms with Crippen molar-refractivity contribution in [3.05, 3.63) is 48.2 Å². The molecule has 4 rings (SSSR count). The molecule has 5 heteroatoms. The topological polar surface area (TPSA) is 71.1 Å². The Bertz CT molecular complexity index is 885. The van der Waals surface area contributed by atoms with E-state index in [0.29, 0.717) is 18.7 Å². The molecule has 0 radical (unpaired) electrons. The fourth-order valence-electron chi connectivity index (χ4n) is 3.81.